The molecule has 1 aliphatic heterocycles. The van der Waals surface area contributed by atoms with Gasteiger partial charge in [-0.3, -0.25) is 9.59 Å². The standard InChI is InChI=1S/C15H17N3O2/c1-17-7-2-8-18(11-15(17)20)14(19)9-12-3-5-13(10-16)6-4-12/h3-6H,2,7-9,11H2,1H3. The van der Waals surface area contributed by atoms with Crippen LogP contribution in [0, 0.1) is 11.3 Å². The fraction of sp³-hybridized carbons (Fsp3) is 0.400. The van der Waals surface area contributed by atoms with Crippen molar-refractivity contribution in [1.82, 2.24) is 9.80 Å². The van der Waals surface area contributed by atoms with Gasteiger partial charge in [0.05, 0.1) is 24.6 Å². The van der Waals surface area contributed by atoms with E-state index in [-0.39, 0.29) is 24.8 Å². The first-order chi connectivity index (χ1) is 9.60. The van der Waals surface area contributed by atoms with Crippen molar-refractivity contribution >= 4 is 11.8 Å². The van der Waals surface area contributed by atoms with Crippen molar-refractivity contribution in [3.05, 3.63) is 35.4 Å². The van der Waals surface area contributed by atoms with Crippen LogP contribution in [0.5, 0.6) is 0 Å². The molecule has 5 nitrogen and oxygen atoms in total. The second-order valence-corrected chi connectivity index (χ2v) is 4.97. The molecule has 1 aliphatic rings. The van der Waals surface area contributed by atoms with Gasteiger partial charge in [-0.2, -0.15) is 5.26 Å². The molecule has 1 fully saturated rings. The zero-order valence-electron chi connectivity index (χ0n) is 11.5. The highest BCUT2D eigenvalue weighted by Gasteiger charge is 2.22. The Morgan fingerprint density at radius 3 is 2.65 bits per heavy atom. The maximum Gasteiger partial charge on any atom is 0.241 e. The second-order valence-electron chi connectivity index (χ2n) is 4.97. The molecule has 0 saturated carbocycles. The summed E-state index contributed by atoms with van der Waals surface area (Å²) in [5.74, 6) is -0.0611. The molecule has 1 aromatic rings. The van der Waals surface area contributed by atoms with Crippen LogP contribution in [0.3, 0.4) is 0 Å². The molecule has 104 valence electrons. The van der Waals surface area contributed by atoms with Crippen LogP contribution in [0.4, 0.5) is 0 Å². The summed E-state index contributed by atoms with van der Waals surface area (Å²) < 4.78 is 0. The van der Waals surface area contributed by atoms with Crippen molar-refractivity contribution < 1.29 is 9.59 Å². The molecule has 2 amide bonds. The number of likely N-dealkylation sites (N-methyl/N-ethyl adjacent to an activating group) is 1. The Balaban J connectivity index is 2.00. The van der Waals surface area contributed by atoms with Gasteiger partial charge in [-0.1, -0.05) is 12.1 Å². The minimum absolute atomic E-state index is 0.0179. The summed E-state index contributed by atoms with van der Waals surface area (Å²) in [6.45, 7) is 1.47. The van der Waals surface area contributed by atoms with Crippen LogP contribution in [0.2, 0.25) is 0 Å². The van der Waals surface area contributed by atoms with Gasteiger partial charge in [0.1, 0.15) is 0 Å². The lowest BCUT2D eigenvalue weighted by Gasteiger charge is -2.19. The fourth-order valence-corrected chi connectivity index (χ4v) is 2.18. The molecule has 0 N–H and O–H groups in total. The third-order valence-electron chi connectivity index (χ3n) is 3.46. The minimum atomic E-state index is -0.0432. The first-order valence-electron chi connectivity index (χ1n) is 6.61. The summed E-state index contributed by atoms with van der Waals surface area (Å²) in [4.78, 5) is 27.3. The lowest BCUT2D eigenvalue weighted by atomic mass is 10.1. The number of amides is 2. The van der Waals surface area contributed by atoms with E-state index in [0.717, 1.165) is 12.0 Å². The van der Waals surface area contributed by atoms with E-state index in [1.165, 1.54) is 0 Å². The molecule has 1 aromatic carbocycles. The van der Waals surface area contributed by atoms with Gasteiger partial charge in [0, 0.05) is 20.1 Å². The molecule has 0 spiro atoms. The fourth-order valence-electron chi connectivity index (χ4n) is 2.18. The molecular formula is C15H17N3O2. The molecule has 1 saturated heterocycles. The Kier molecular flexibility index (Phi) is 4.36. The quantitative estimate of drug-likeness (QED) is 0.799. The van der Waals surface area contributed by atoms with Gasteiger partial charge in [0.15, 0.2) is 0 Å². The highest BCUT2D eigenvalue weighted by molar-refractivity contribution is 5.86. The van der Waals surface area contributed by atoms with E-state index in [1.54, 1.807) is 41.1 Å². The number of hydrogen-bond acceptors (Lipinski definition) is 3. The SMILES string of the molecule is CN1CCCN(C(=O)Cc2ccc(C#N)cc2)CC1=O. The van der Waals surface area contributed by atoms with E-state index in [2.05, 4.69) is 0 Å². The highest BCUT2D eigenvalue weighted by atomic mass is 16.2. The average Bonchev–Trinajstić information content (AvgIpc) is 2.62. The number of hydrogen-bond donors (Lipinski definition) is 0. The topological polar surface area (TPSA) is 64.4 Å². The number of nitrogens with zero attached hydrogens (tertiary/aromatic N) is 3. The Morgan fingerprint density at radius 2 is 2.00 bits per heavy atom. The van der Waals surface area contributed by atoms with Crippen LogP contribution < -0.4 is 0 Å². The van der Waals surface area contributed by atoms with Crippen LogP contribution in [0.1, 0.15) is 17.5 Å². The minimum Gasteiger partial charge on any atom is -0.344 e. The molecule has 5 heteroatoms. The van der Waals surface area contributed by atoms with Gasteiger partial charge in [-0.05, 0) is 24.1 Å². The number of benzene rings is 1. The smallest absolute Gasteiger partial charge is 0.241 e. The molecule has 0 atom stereocenters. The molecule has 20 heavy (non-hydrogen) atoms. The van der Waals surface area contributed by atoms with Crippen molar-refractivity contribution in [3.8, 4) is 6.07 Å². The van der Waals surface area contributed by atoms with Gasteiger partial charge in [-0.25, -0.2) is 0 Å². The van der Waals surface area contributed by atoms with E-state index in [1.807, 2.05) is 6.07 Å². The van der Waals surface area contributed by atoms with Crippen molar-refractivity contribution in [3.63, 3.8) is 0 Å². The Labute approximate surface area is 118 Å². The normalized spacial score (nSPS) is 15.7. The largest absolute Gasteiger partial charge is 0.344 e. The Hall–Kier alpha value is -2.35. The molecule has 0 unspecified atom stereocenters. The van der Waals surface area contributed by atoms with Gasteiger partial charge in [-0.15, -0.1) is 0 Å². The monoisotopic (exact) mass is 271 g/mol. The van der Waals surface area contributed by atoms with Crippen molar-refractivity contribution in [2.75, 3.05) is 26.7 Å². The molecule has 0 bridgehead atoms. The summed E-state index contributed by atoms with van der Waals surface area (Å²) in [5, 5.41) is 8.73. The average molecular weight is 271 g/mol. The molecule has 0 radical (unpaired) electrons. The number of carbonyl (C=O) groups is 2. The summed E-state index contributed by atoms with van der Waals surface area (Å²) in [6, 6.07) is 9.00. The first-order valence-corrected chi connectivity index (χ1v) is 6.61. The van der Waals surface area contributed by atoms with Gasteiger partial charge in [0.25, 0.3) is 0 Å². The first kappa shape index (κ1) is 14.1. The van der Waals surface area contributed by atoms with Crippen LogP contribution in [0.15, 0.2) is 24.3 Å². The van der Waals surface area contributed by atoms with E-state index in [4.69, 9.17) is 5.26 Å². The van der Waals surface area contributed by atoms with E-state index in [9.17, 15) is 9.59 Å². The van der Waals surface area contributed by atoms with E-state index < -0.39 is 0 Å². The van der Waals surface area contributed by atoms with Crippen LogP contribution in [-0.4, -0.2) is 48.3 Å². The van der Waals surface area contributed by atoms with E-state index in [0.29, 0.717) is 18.7 Å². The summed E-state index contributed by atoms with van der Waals surface area (Å²) >= 11 is 0. The summed E-state index contributed by atoms with van der Waals surface area (Å²) in [7, 11) is 1.76. The van der Waals surface area contributed by atoms with Gasteiger partial charge < -0.3 is 9.80 Å². The third kappa shape index (κ3) is 3.35. The molecular weight excluding hydrogens is 254 g/mol. The number of rotatable bonds is 2. The predicted octanol–water partition coefficient (Wildman–Crippen LogP) is 0.791. The lowest BCUT2D eigenvalue weighted by Crippen LogP contribution is -2.38. The van der Waals surface area contributed by atoms with Crippen LogP contribution in [-0.2, 0) is 16.0 Å². The summed E-state index contributed by atoms with van der Waals surface area (Å²) in [5.41, 5.74) is 1.44. The Morgan fingerprint density at radius 1 is 1.30 bits per heavy atom. The van der Waals surface area contributed by atoms with Gasteiger partial charge >= 0.3 is 0 Å². The predicted molar refractivity (Wildman–Crippen MR) is 73.7 cm³/mol. The maximum atomic E-state index is 12.2. The van der Waals surface area contributed by atoms with Crippen LogP contribution in [0.25, 0.3) is 0 Å². The highest BCUT2D eigenvalue weighted by Crippen LogP contribution is 2.08. The third-order valence-corrected chi connectivity index (χ3v) is 3.46. The number of carbonyl (C=O) groups excluding carboxylic acids is 2. The summed E-state index contributed by atoms with van der Waals surface area (Å²) in [6.07, 6.45) is 1.07. The zero-order valence-corrected chi connectivity index (χ0v) is 11.5. The van der Waals surface area contributed by atoms with E-state index >= 15 is 0 Å². The lowest BCUT2D eigenvalue weighted by molar-refractivity contribution is -0.137. The van der Waals surface area contributed by atoms with Crippen LogP contribution >= 0.6 is 0 Å². The molecule has 1 heterocycles. The Bertz CT molecular complexity index is 545. The van der Waals surface area contributed by atoms with Crippen molar-refractivity contribution in [2.45, 2.75) is 12.8 Å². The van der Waals surface area contributed by atoms with Crippen molar-refractivity contribution in [1.29, 1.82) is 5.26 Å². The number of nitriles is 1. The second kappa shape index (κ2) is 6.20. The molecule has 2 rings (SSSR count). The van der Waals surface area contributed by atoms with Crippen molar-refractivity contribution in [2.24, 2.45) is 0 Å². The maximum absolute atomic E-state index is 12.2. The zero-order chi connectivity index (χ0) is 14.5. The molecule has 0 aromatic heterocycles. The van der Waals surface area contributed by atoms with Gasteiger partial charge in [0.2, 0.25) is 11.8 Å². The molecule has 0 aliphatic carbocycles.